The van der Waals surface area contributed by atoms with Crippen molar-refractivity contribution in [2.24, 2.45) is 51.2 Å². The van der Waals surface area contributed by atoms with Crippen LogP contribution >= 0.6 is 0 Å². The van der Waals surface area contributed by atoms with Gasteiger partial charge in [-0.25, -0.2) is 0 Å². The second kappa shape index (κ2) is 23.0. The fourth-order valence-electron chi connectivity index (χ4n) is 17.9. The number of carbonyl (C=O) groups excluding carboxylic acids is 2. The number of aliphatic hydroxyl groups excluding tert-OH is 11. The van der Waals surface area contributed by atoms with Crippen LogP contribution in [-0.4, -0.2) is 235 Å². The van der Waals surface area contributed by atoms with Crippen molar-refractivity contribution in [1.29, 1.82) is 0 Å². The standard InChI is InChI=1S/C57H92O24/c1-23(31-18-36(62)53(6,7)81-31)28-12-14-55(9)35-11-10-29-24(2)30(13-15-56(29)22-57(35,56)17-16-54(28,55)8)74-51-43(69)47(73-27(5)61)46(34(77-51)21-71-26(4)60)79-52-44(70)48(80-49-41(67)39(65)37(63)25(3)72-49)45(33(20-59)76-52)78-50-42(68)40(66)38(64)32(19-58)75-50/h23-25,28-52,58-59,62-70H,10-22H2,1-9H3/t23?,24?,25?,28?,29-,30?,31?,32?,33?,34?,35?,36?,37?,38?,39?,40?,41?,42?,43?,44?,45?,46?,47?,48?,49?,50?,51?,52?,54+,55-,56+,57-/m0/s1. The molecule has 0 aromatic heterocycles. The number of carbonyl (C=O) groups is 2. The Labute approximate surface area is 472 Å². The molecule has 0 radical (unpaired) electrons. The summed E-state index contributed by atoms with van der Waals surface area (Å²) in [4.78, 5) is 25.4. The number of hydrogen-bond donors (Lipinski definition) is 11. The summed E-state index contributed by atoms with van der Waals surface area (Å²) in [5, 5.41) is 120. The molecule has 10 rings (SSSR count). The maximum Gasteiger partial charge on any atom is 0.303 e. The molecule has 11 N–H and O–H groups in total. The third-order valence-electron chi connectivity index (χ3n) is 22.6. The molecule has 24 heteroatoms. The van der Waals surface area contributed by atoms with E-state index < -0.39 is 172 Å². The maximum absolute atomic E-state index is 13.0. The highest BCUT2D eigenvalue weighted by Crippen LogP contribution is 2.88. The van der Waals surface area contributed by atoms with Gasteiger partial charge in [-0.3, -0.25) is 9.59 Å². The predicted molar refractivity (Wildman–Crippen MR) is 275 cm³/mol. The van der Waals surface area contributed by atoms with Gasteiger partial charge in [0.25, 0.3) is 0 Å². The Bertz CT molecular complexity index is 2230. The lowest BCUT2D eigenvalue weighted by atomic mass is 9.43. The van der Waals surface area contributed by atoms with Gasteiger partial charge < -0.3 is 108 Å². The Kier molecular flexibility index (Phi) is 17.7. The number of hydrogen-bond acceptors (Lipinski definition) is 24. The van der Waals surface area contributed by atoms with Gasteiger partial charge in [-0.1, -0.05) is 27.7 Å². The molecule has 5 saturated carbocycles. The summed E-state index contributed by atoms with van der Waals surface area (Å²) in [5.74, 6) is 0.166. The summed E-state index contributed by atoms with van der Waals surface area (Å²) < 4.78 is 67.0. The zero-order chi connectivity index (χ0) is 58.8. The zero-order valence-electron chi connectivity index (χ0n) is 48.1. The quantitative estimate of drug-likeness (QED) is 0.0722. The lowest BCUT2D eigenvalue weighted by Gasteiger charge is -2.62. The van der Waals surface area contributed by atoms with Crippen LogP contribution in [0.3, 0.4) is 0 Å². The Morgan fingerprint density at radius 2 is 1.15 bits per heavy atom. The molecule has 27 unspecified atom stereocenters. The van der Waals surface area contributed by atoms with Gasteiger partial charge in [-0.2, -0.15) is 0 Å². The molecule has 10 aliphatic rings. The van der Waals surface area contributed by atoms with Gasteiger partial charge in [0, 0.05) is 20.3 Å². The fourth-order valence-corrected chi connectivity index (χ4v) is 17.9. The average molecular weight is 1160 g/mol. The molecule has 0 aromatic rings. The van der Waals surface area contributed by atoms with Gasteiger partial charge in [0.2, 0.25) is 0 Å². The molecule has 464 valence electrons. The Balaban J connectivity index is 0.866. The van der Waals surface area contributed by atoms with Crippen molar-refractivity contribution in [3.8, 4) is 0 Å². The highest BCUT2D eigenvalue weighted by Gasteiger charge is 2.81. The molecule has 0 aromatic carbocycles. The first kappa shape index (κ1) is 62.2. The minimum absolute atomic E-state index is 0.0242. The van der Waals surface area contributed by atoms with Crippen LogP contribution in [0.25, 0.3) is 0 Å². The van der Waals surface area contributed by atoms with Crippen LogP contribution in [0.15, 0.2) is 0 Å². The van der Waals surface area contributed by atoms with Crippen LogP contribution in [0.2, 0.25) is 0 Å². The molecule has 10 fully saturated rings. The highest BCUT2D eigenvalue weighted by atomic mass is 16.8. The second-order valence-corrected chi connectivity index (χ2v) is 27.0. The van der Waals surface area contributed by atoms with Crippen molar-refractivity contribution in [2.45, 2.75) is 273 Å². The Hall–Kier alpha value is -1.86. The molecule has 2 spiro atoms. The summed E-state index contributed by atoms with van der Waals surface area (Å²) in [5.41, 5.74) is 0.0866. The lowest BCUT2D eigenvalue weighted by molar-refractivity contribution is -0.399. The molecule has 5 heterocycles. The monoisotopic (exact) mass is 1160 g/mol. The van der Waals surface area contributed by atoms with Crippen molar-refractivity contribution in [2.75, 3.05) is 19.8 Å². The van der Waals surface area contributed by atoms with E-state index >= 15 is 0 Å². The van der Waals surface area contributed by atoms with Crippen molar-refractivity contribution in [1.82, 2.24) is 0 Å². The minimum Gasteiger partial charge on any atom is -0.463 e. The molecular formula is C57H92O24. The SMILES string of the molecule is CC(=O)OCC1OC(OC2CC[C@]34C[C@]35CC[C@]3(C)C(C(C)C6CC(O)C(C)(C)O6)CC[C@@]3(C)C5CC[C@H]4C2C)C(O)C(OC(C)=O)C1OC1OC(CO)C(OC2OC(CO)C(O)C(O)C2O)C(OC2OC(C)C(O)C(O)C2O)C1O. The van der Waals surface area contributed by atoms with E-state index in [1.54, 1.807) is 0 Å². The Morgan fingerprint density at radius 1 is 0.568 bits per heavy atom. The second-order valence-electron chi connectivity index (χ2n) is 27.0. The van der Waals surface area contributed by atoms with Gasteiger partial charge in [0.05, 0.1) is 43.2 Å². The number of fused-ring (bicyclic) bond motifs is 2. The van der Waals surface area contributed by atoms with Crippen LogP contribution < -0.4 is 0 Å². The minimum atomic E-state index is -2.10. The smallest absolute Gasteiger partial charge is 0.303 e. The van der Waals surface area contributed by atoms with Crippen LogP contribution in [0, 0.1) is 51.2 Å². The van der Waals surface area contributed by atoms with Crippen LogP contribution in [0.1, 0.15) is 127 Å². The highest BCUT2D eigenvalue weighted by molar-refractivity contribution is 5.66. The molecule has 5 aliphatic carbocycles. The summed E-state index contributed by atoms with van der Waals surface area (Å²) in [6.45, 7) is 15.0. The third kappa shape index (κ3) is 10.5. The summed E-state index contributed by atoms with van der Waals surface area (Å²) in [7, 11) is 0. The molecule has 81 heavy (non-hydrogen) atoms. The van der Waals surface area contributed by atoms with Gasteiger partial charge >= 0.3 is 11.9 Å². The molecule has 24 nitrogen and oxygen atoms in total. The Morgan fingerprint density at radius 3 is 1.78 bits per heavy atom. The lowest BCUT2D eigenvalue weighted by Crippen LogP contribution is -2.68. The van der Waals surface area contributed by atoms with E-state index in [1.807, 2.05) is 13.8 Å². The molecule has 0 amide bonds. The zero-order valence-corrected chi connectivity index (χ0v) is 48.1. The normalized spacial score (nSPS) is 54.2. The largest absolute Gasteiger partial charge is 0.463 e. The molecule has 0 bridgehead atoms. The van der Waals surface area contributed by atoms with Crippen molar-refractivity contribution in [3.63, 3.8) is 0 Å². The average Bonchev–Trinajstić information content (AvgIpc) is 1.76. The van der Waals surface area contributed by atoms with Crippen LogP contribution in [-0.2, 0) is 61.7 Å². The first-order valence-electron chi connectivity index (χ1n) is 29.6. The van der Waals surface area contributed by atoms with Gasteiger partial charge in [-0.05, 0) is 130 Å². The van der Waals surface area contributed by atoms with E-state index in [0.717, 1.165) is 52.4 Å². The van der Waals surface area contributed by atoms with E-state index in [4.69, 9.17) is 52.1 Å². The molecule has 5 saturated heterocycles. The number of rotatable bonds is 15. The molecular weight excluding hydrogens is 1070 g/mol. The molecule has 32 atom stereocenters. The fraction of sp³-hybridized carbons (Fsp3) is 0.965. The number of ether oxygens (including phenoxy) is 11. The van der Waals surface area contributed by atoms with Crippen molar-refractivity contribution in [3.05, 3.63) is 0 Å². The maximum atomic E-state index is 13.0. The number of aliphatic hydroxyl groups is 11. The van der Waals surface area contributed by atoms with Gasteiger partial charge in [0.15, 0.2) is 31.3 Å². The van der Waals surface area contributed by atoms with E-state index in [2.05, 4.69) is 27.7 Å². The van der Waals surface area contributed by atoms with E-state index in [9.17, 15) is 65.8 Å². The topological polar surface area (TPSA) is 358 Å². The van der Waals surface area contributed by atoms with Gasteiger partial charge in [-0.15, -0.1) is 0 Å². The molecule has 5 aliphatic heterocycles. The van der Waals surface area contributed by atoms with Crippen LogP contribution in [0.5, 0.6) is 0 Å². The van der Waals surface area contributed by atoms with E-state index in [-0.39, 0.29) is 33.7 Å². The summed E-state index contributed by atoms with van der Waals surface area (Å²) >= 11 is 0. The summed E-state index contributed by atoms with van der Waals surface area (Å²) in [6.07, 6.45) is -25.2. The first-order valence-corrected chi connectivity index (χ1v) is 29.6. The number of esters is 2. The first-order chi connectivity index (χ1) is 38.1. The van der Waals surface area contributed by atoms with E-state index in [0.29, 0.717) is 36.5 Å². The predicted octanol–water partition coefficient (Wildman–Crippen LogP) is -0.573. The third-order valence-corrected chi connectivity index (χ3v) is 22.6. The van der Waals surface area contributed by atoms with E-state index in [1.165, 1.54) is 19.8 Å². The summed E-state index contributed by atoms with van der Waals surface area (Å²) in [6, 6.07) is 0. The van der Waals surface area contributed by atoms with Crippen LogP contribution in [0.4, 0.5) is 0 Å². The van der Waals surface area contributed by atoms with Gasteiger partial charge in [0.1, 0.15) is 92.1 Å². The van der Waals surface area contributed by atoms with Crippen molar-refractivity contribution < 1.29 is 118 Å². The van der Waals surface area contributed by atoms with Crippen molar-refractivity contribution >= 4 is 11.9 Å².